The van der Waals surface area contributed by atoms with Crippen LogP contribution in [0.4, 0.5) is 5.69 Å². The van der Waals surface area contributed by atoms with Crippen molar-refractivity contribution in [3.05, 3.63) is 29.8 Å². The van der Waals surface area contributed by atoms with Crippen LogP contribution >= 0.6 is 0 Å². The van der Waals surface area contributed by atoms with Gasteiger partial charge in [-0.2, -0.15) is 5.26 Å². The molecule has 0 spiro atoms. The van der Waals surface area contributed by atoms with Gasteiger partial charge in [0.1, 0.15) is 0 Å². The van der Waals surface area contributed by atoms with Crippen LogP contribution in [-0.2, 0) is 5.41 Å². The normalized spacial score (nSPS) is 23.7. The molecule has 0 aromatic heterocycles. The van der Waals surface area contributed by atoms with Gasteiger partial charge in [0.25, 0.3) is 0 Å². The zero-order chi connectivity index (χ0) is 14.6. The molecule has 0 amide bonds. The number of anilines is 1. The zero-order valence-electron chi connectivity index (χ0n) is 12.9. The van der Waals surface area contributed by atoms with Gasteiger partial charge >= 0.3 is 0 Å². The van der Waals surface area contributed by atoms with Gasteiger partial charge in [-0.25, -0.2) is 0 Å². The van der Waals surface area contributed by atoms with Crippen LogP contribution < -0.4 is 5.32 Å². The molecule has 20 heavy (non-hydrogen) atoms. The van der Waals surface area contributed by atoms with Crippen molar-refractivity contribution in [3.8, 4) is 6.07 Å². The van der Waals surface area contributed by atoms with Crippen molar-refractivity contribution in [3.63, 3.8) is 0 Å². The first-order valence-corrected chi connectivity index (χ1v) is 7.79. The Hall–Kier alpha value is -1.49. The molecule has 0 heterocycles. The van der Waals surface area contributed by atoms with Gasteiger partial charge in [0.05, 0.1) is 11.5 Å². The van der Waals surface area contributed by atoms with E-state index in [1.807, 2.05) is 13.8 Å². The highest BCUT2D eigenvalue weighted by Crippen LogP contribution is 2.27. The first kappa shape index (κ1) is 14.9. The van der Waals surface area contributed by atoms with E-state index in [1.165, 1.54) is 37.8 Å². The second kappa shape index (κ2) is 6.31. The standard InChI is InChI=1S/C18H26N2/c1-14-5-4-6-16(10-7-14)20-17-11-8-15(9-12-17)18(2,3)13-19/h8-9,11-12,14,16,20H,4-7,10H2,1-3H3. The summed E-state index contributed by atoms with van der Waals surface area (Å²) < 4.78 is 0. The summed E-state index contributed by atoms with van der Waals surface area (Å²) in [6, 6.07) is 11.3. The van der Waals surface area contributed by atoms with Crippen LogP contribution in [0.5, 0.6) is 0 Å². The molecule has 1 aromatic carbocycles. The lowest BCUT2D eigenvalue weighted by molar-refractivity contribution is 0.502. The van der Waals surface area contributed by atoms with Gasteiger partial charge in [0.15, 0.2) is 0 Å². The molecule has 1 fully saturated rings. The third kappa shape index (κ3) is 3.76. The van der Waals surface area contributed by atoms with Crippen molar-refractivity contribution in [2.45, 2.75) is 64.3 Å². The molecule has 2 atom stereocenters. The van der Waals surface area contributed by atoms with Crippen molar-refractivity contribution < 1.29 is 0 Å². The monoisotopic (exact) mass is 270 g/mol. The van der Waals surface area contributed by atoms with E-state index < -0.39 is 5.41 Å². The first-order chi connectivity index (χ1) is 9.51. The fourth-order valence-corrected chi connectivity index (χ4v) is 2.91. The van der Waals surface area contributed by atoms with Crippen LogP contribution in [0.2, 0.25) is 0 Å². The summed E-state index contributed by atoms with van der Waals surface area (Å²) in [5, 5.41) is 12.8. The summed E-state index contributed by atoms with van der Waals surface area (Å²) in [7, 11) is 0. The topological polar surface area (TPSA) is 35.8 Å². The van der Waals surface area contributed by atoms with Gasteiger partial charge in [0, 0.05) is 11.7 Å². The maximum absolute atomic E-state index is 9.17. The predicted octanol–water partition coefficient (Wildman–Crippen LogP) is 4.87. The predicted molar refractivity (Wildman–Crippen MR) is 84.7 cm³/mol. The van der Waals surface area contributed by atoms with Crippen LogP contribution in [0, 0.1) is 17.2 Å². The van der Waals surface area contributed by atoms with Crippen LogP contribution in [0.25, 0.3) is 0 Å². The van der Waals surface area contributed by atoms with E-state index in [4.69, 9.17) is 5.26 Å². The summed E-state index contributed by atoms with van der Waals surface area (Å²) in [6.07, 6.45) is 6.57. The van der Waals surface area contributed by atoms with Crippen LogP contribution in [0.1, 0.15) is 58.4 Å². The Bertz CT molecular complexity index is 467. The quantitative estimate of drug-likeness (QED) is 0.795. The molecule has 1 aliphatic carbocycles. The van der Waals surface area contributed by atoms with Gasteiger partial charge in [-0.3, -0.25) is 0 Å². The van der Waals surface area contributed by atoms with Gasteiger partial charge in [-0.1, -0.05) is 31.9 Å². The summed E-state index contributed by atoms with van der Waals surface area (Å²) >= 11 is 0. The van der Waals surface area contributed by atoms with Crippen LogP contribution in [-0.4, -0.2) is 6.04 Å². The second-order valence-corrected chi connectivity index (χ2v) is 6.77. The Morgan fingerprint density at radius 3 is 2.45 bits per heavy atom. The van der Waals surface area contributed by atoms with E-state index in [-0.39, 0.29) is 0 Å². The lowest BCUT2D eigenvalue weighted by Gasteiger charge is -2.20. The molecular formula is C18H26N2. The van der Waals surface area contributed by atoms with E-state index in [0.717, 1.165) is 11.5 Å². The third-order valence-electron chi connectivity index (χ3n) is 4.51. The number of nitriles is 1. The molecule has 1 saturated carbocycles. The van der Waals surface area contributed by atoms with Gasteiger partial charge in [0.2, 0.25) is 0 Å². The number of hydrogen-bond donors (Lipinski definition) is 1. The molecule has 0 aliphatic heterocycles. The highest BCUT2D eigenvalue weighted by atomic mass is 14.9. The smallest absolute Gasteiger partial charge is 0.0766 e. The summed E-state index contributed by atoms with van der Waals surface area (Å²) in [5.74, 6) is 0.876. The molecule has 2 rings (SSSR count). The molecule has 1 aliphatic rings. The van der Waals surface area contributed by atoms with Crippen LogP contribution in [0.15, 0.2) is 24.3 Å². The number of rotatable bonds is 3. The molecule has 2 nitrogen and oxygen atoms in total. The SMILES string of the molecule is CC1CCCC(Nc2ccc(C(C)(C)C#N)cc2)CC1. The van der Waals surface area contributed by atoms with Gasteiger partial charge in [-0.15, -0.1) is 0 Å². The Balaban J connectivity index is 1.99. The zero-order valence-corrected chi connectivity index (χ0v) is 12.9. The number of benzene rings is 1. The molecule has 108 valence electrons. The maximum atomic E-state index is 9.17. The lowest BCUT2D eigenvalue weighted by Crippen LogP contribution is -2.19. The average Bonchev–Trinajstić information content (AvgIpc) is 2.64. The van der Waals surface area contributed by atoms with Crippen molar-refractivity contribution in [2.24, 2.45) is 5.92 Å². The first-order valence-electron chi connectivity index (χ1n) is 7.79. The Morgan fingerprint density at radius 1 is 1.10 bits per heavy atom. The minimum absolute atomic E-state index is 0.406. The largest absolute Gasteiger partial charge is 0.382 e. The van der Waals surface area contributed by atoms with Crippen molar-refractivity contribution in [1.29, 1.82) is 5.26 Å². The minimum Gasteiger partial charge on any atom is -0.382 e. The molecule has 0 radical (unpaired) electrons. The molecule has 2 heteroatoms. The molecule has 2 unspecified atom stereocenters. The Labute approximate surface area is 123 Å². The van der Waals surface area contributed by atoms with E-state index in [9.17, 15) is 0 Å². The molecule has 1 N–H and O–H groups in total. The fraction of sp³-hybridized carbons (Fsp3) is 0.611. The Morgan fingerprint density at radius 2 is 1.80 bits per heavy atom. The van der Waals surface area contributed by atoms with E-state index >= 15 is 0 Å². The van der Waals surface area contributed by atoms with E-state index in [0.29, 0.717) is 6.04 Å². The number of nitrogens with one attached hydrogen (secondary N) is 1. The van der Waals surface area contributed by atoms with Crippen molar-refractivity contribution in [1.82, 2.24) is 0 Å². The lowest BCUT2D eigenvalue weighted by atomic mass is 9.86. The highest BCUT2D eigenvalue weighted by molar-refractivity contribution is 5.47. The van der Waals surface area contributed by atoms with Crippen LogP contribution in [0.3, 0.4) is 0 Å². The average molecular weight is 270 g/mol. The summed E-state index contributed by atoms with van der Waals surface area (Å²) in [6.45, 7) is 6.28. The van der Waals surface area contributed by atoms with Gasteiger partial charge in [-0.05, 0) is 56.7 Å². The van der Waals surface area contributed by atoms with Crippen molar-refractivity contribution >= 4 is 5.69 Å². The van der Waals surface area contributed by atoms with E-state index in [2.05, 4.69) is 42.6 Å². The fourth-order valence-electron chi connectivity index (χ4n) is 2.91. The molecule has 0 saturated heterocycles. The number of hydrogen-bond acceptors (Lipinski definition) is 2. The Kier molecular flexibility index (Phi) is 4.70. The number of nitrogens with zero attached hydrogens (tertiary/aromatic N) is 1. The molecule has 1 aromatic rings. The maximum Gasteiger partial charge on any atom is 0.0766 e. The third-order valence-corrected chi connectivity index (χ3v) is 4.51. The summed E-state index contributed by atoms with van der Waals surface area (Å²) in [5.41, 5.74) is 1.86. The second-order valence-electron chi connectivity index (χ2n) is 6.77. The highest BCUT2D eigenvalue weighted by Gasteiger charge is 2.20. The van der Waals surface area contributed by atoms with Crippen molar-refractivity contribution in [2.75, 3.05) is 5.32 Å². The molecule has 0 bridgehead atoms. The summed E-state index contributed by atoms with van der Waals surface area (Å²) in [4.78, 5) is 0. The minimum atomic E-state index is -0.406. The van der Waals surface area contributed by atoms with E-state index in [1.54, 1.807) is 0 Å². The molecular weight excluding hydrogens is 244 g/mol. The van der Waals surface area contributed by atoms with Gasteiger partial charge < -0.3 is 5.32 Å².